The highest BCUT2D eigenvalue weighted by atomic mass is 32.1. The summed E-state index contributed by atoms with van der Waals surface area (Å²) >= 11 is 5.39. The molecule has 0 fully saturated rings. The van der Waals surface area contributed by atoms with Crippen molar-refractivity contribution >= 4 is 34.8 Å². The Hall–Kier alpha value is -3.14. The highest BCUT2D eigenvalue weighted by molar-refractivity contribution is 7.80. The summed E-state index contributed by atoms with van der Waals surface area (Å²) in [6.45, 7) is 2.81. The van der Waals surface area contributed by atoms with Gasteiger partial charge in [-0.1, -0.05) is 30.3 Å². The molecule has 2 aromatic rings. The predicted octanol–water partition coefficient (Wildman–Crippen LogP) is 0.821. The Morgan fingerprint density at radius 1 is 1.31 bits per heavy atom. The van der Waals surface area contributed by atoms with Gasteiger partial charge in [-0.15, -0.1) is 0 Å². The standard InChI is InChI=1S/C19H25N5O4S/c1-3-23(19(29)21-11-7-10-14(25)28-2)15-16(20)24(18(27)22-17(15)26)12-13-8-5-4-6-9-13/h4-6,8-9H,3,7,10-12,20H2,1-2H3,(H,21,29)(H,22,26,27). The molecule has 156 valence electrons. The molecular weight excluding hydrogens is 394 g/mol. The van der Waals surface area contributed by atoms with Crippen LogP contribution in [0.5, 0.6) is 0 Å². The molecule has 1 aromatic heterocycles. The van der Waals surface area contributed by atoms with Crippen LogP contribution >= 0.6 is 12.2 Å². The largest absolute Gasteiger partial charge is 0.469 e. The van der Waals surface area contributed by atoms with Crippen molar-refractivity contribution in [3.8, 4) is 0 Å². The van der Waals surface area contributed by atoms with Crippen molar-refractivity contribution < 1.29 is 9.53 Å². The van der Waals surface area contributed by atoms with Crippen molar-refractivity contribution in [2.45, 2.75) is 26.3 Å². The number of anilines is 2. The SMILES string of the molecule is CCN(C(=S)NCCCC(=O)OC)c1c(N)n(Cc2ccccc2)c(=O)[nH]c1=O. The van der Waals surface area contributed by atoms with E-state index in [0.29, 0.717) is 19.5 Å². The lowest BCUT2D eigenvalue weighted by Gasteiger charge is -2.25. The van der Waals surface area contributed by atoms with Crippen LogP contribution in [0.2, 0.25) is 0 Å². The molecule has 2 rings (SSSR count). The number of nitrogens with two attached hydrogens (primary N) is 1. The maximum Gasteiger partial charge on any atom is 0.330 e. The first-order valence-corrected chi connectivity index (χ1v) is 9.58. The Bertz CT molecular complexity index is 971. The second-order valence-electron chi connectivity index (χ2n) is 6.22. The number of carbonyl (C=O) groups is 1. The third kappa shape index (κ3) is 5.67. The highest BCUT2D eigenvalue weighted by Gasteiger charge is 2.21. The van der Waals surface area contributed by atoms with E-state index in [4.69, 9.17) is 18.0 Å². The number of ether oxygens (including phenoxy) is 1. The van der Waals surface area contributed by atoms with E-state index in [2.05, 4.69) is 15.0 Å². The fourth-order valence-electron chi connectivity index (χ4n) is 2.79. The minimum atomic E-state index is -0.614. The van der Waals surface area contributed by atoms with E-state index in [1.807, 2.05) is 37.3 Å². The van der Waals surface area contributed by atoms with Crippen molar-refractivity contribution in [1.82, 2.24) is 14.9 Å². The monoisotopic (exact) mass is 419 g/mol. The molecule has 10 heteroatoms. The van der Waals surface area contributed by atoms with Gasteiger partial charge < -0.3 is 20.7 Å². The molecule has 0 spiro atoms. The van der Waals surface area contributed by atoms with E-state index >= 15 is 0 Å². The summed E-state index contributed by atoms with van der Waals surface area (Å²) in [5.74, 6) is -0.276. The Morgan fingerprint density at radius 2 is 2.00 bits per heavy atom. The molecule has 0 bridgehead atoms. The van der Waals surface area contributed by atoms with Crippen LogP contribution in [0.3, 0.4) is 0 Å². The van der Waals surface area contributed by atoms with E-state index in [-0.39, 0.29) is 35.6 Å². The number of nitrogens with zero attached hydrogens (tertiary/aromatic N) is 2. The van der Waals surface area contributed by atoms with Gasteiger partial charge in [0.1, 0.15) is 5.82 Å². The molecule has 0 unspecified atom stereocenters. The number of esters is 1. The molecule has 4 N–H and O–H groups in total. The molecule has 29 heavy (non-hydrogen) atoms. The zero-order valence-corrected chi connectivity index (χ0v) is 17.3. The number of rotatable bonds is 8. The van der Waals surface area contributed by atoms with Crippen LogP contribution in [0.15, 0.2) is 39.9 Å². The first kappa shape index (κ1) is 22.2. The molecule has 0 saturated heterocycles. The molecule has 0 radical (unpaired) electrons. The molecule has 0 aliphatic rings. The maximum atomic E-state index is 12.5. The van der Waals surface area contributed by atoms with E-state index < -0.39 is 11.2 Å². The second kappa shape index (κ2) is 10.4. The number of methoxy groups -OCH3 is 1. The lowest BCUT2D eigenvalue weighted by atomic mass is 10.2. The molecule has 0 aliphatic carbocycles. The number of hydrogen-bond donors (Lipinski definition) is 3. The van der Waals surface area contributed by atoms with Gasteiger partial charge in [-0.05, 0) is 31.1 Å². The number of nitrogens with one attached hydrogen (secondary N) is 2. The van der Waals surface area contributed by atoms with Gasteiger partial charge in [0.25, 0.3) is 5.56 Å². The number of benzene rings is 1. The van der Waals surface area contributed by atoms with Gasteiger partial charge in [0.2, 0.25) is 0 Å². The summed E-state index contributed by atoms with van der Waals surface area (Å²) in [5, 5.41) is 3.28. The molecular formula is C19H25N5O4S. The summed E-state index contributed by atoms with van der Waals surface area (Å²) in [5.41, 5.74) is 5.98. The summed E-state index contributed by atoms with van der Waals surface area (Å²) in [6.07, 6.45) is 0.770. The van der Waals surface area contributed by atoms with Gasteiger partial charge in [0.15, 0.2) is 10.8 Å². The lowest BCUT2D eigenvalue weighted by Crippen LogP contribution is -2.45. The van der Waals surface area contributed by atoms with Crippen LogP contribution in [0.4, 0.5) is 11.5 Å². The van der Waals surface area contributed by atoms with Gasteiger partial charge in [-0.3, -0.25) is 19.1 Å². The zero-order valence-electron chi connectivity index (χ0n) is 16.4. The van der Waals surface area contributed by atoms with E-state index in [9.17, 15) is 14.4 Å². The van der Waals surface area contributed by atoms with Crippen molar-refractivity contribution in [1.29, 1.82) is 0 Å². The first-order valence-electron chi connectivity index (χ1n) is 9.17. The van der Waals surface area contributed by atoms with Crippen LogP contribution in [0.1, 0.15) is 25.3 Å². The summed E-state index contributed by atoms with van der Waals surface area (Å²) in [6, 6.07) is 9.31. The normalized spacial score (nSPS) is 10.4. The van der Waals surface area contributed by atoms with Crippen molar-refractivity contribution in [2.75, 3.05) is 30.8 Å². The fourth-order valence-corrected chi connectivity index (χ4v) is 3.11. The molecule has 9 nitrogen and oxygen atoms in total. The number of thiocarbonyl (C=S) groups is 1. The van der Waals surface area contributed by atoms with Gasteiger partial charge in [0, 0.05) is 19.5 Å². The average molecular weight is 420 g/mol. The number of aromatic amines is 1. The van der Waals surface area contributed by atoms with Gasteiger partial charge in [0.05, 0.1) is 13.7 Å². The minimum Gasteiger partial charge on any atom is -0.469 e. The smallest absolute Gasteiger partial charge is 0.330 e. The maximum absolute atomic E-state index is 12.5. The van der Waals surface area contributed by atoms with Crippen LogP contribution in [-0.4, -0.2) is 40.8 Å². The van der Waals surface area contributed by atoms with E-state index in [0.717, 1.165) is 5.56 Å². The van der Waals surface area contributed by atoms with E-state index in [1.165, 1.54) is 16.6 Å². The average Bonchev–Trinajstić information content (AvgIpc) is 2.71. The van der Waals surface area contributed by atoms with Crippen LogP contribution in [0.25, 0.3) is 0 Å². The molecule has 0 amide bonds. The summed E-state index contributed by atoms with van der Waals surface area (Å²) in [7, 11) is 1.33. The van der Waals surface area contributed by atoms with Gasteiger partial charge in [-0.2, -0.15) is 0 Å². The quantitative estimate of drug-likeness (QED) is 0.327. The third-order valence-electron chi connectivity index (χ3n) is 4.29. The Morgan fingerprint density at radius 3 is 2.62 bits per heavy atom. The Labute approximate surface area is 173 Å². The van der Waals surface area contributed by atoms with Gasteiger partial charge >= 0.3 is 11.7 Å². The van der Waals surface area contributed by atoms with Crippen LogP contribution < -0.4 is 27.2 Å². The van der Waals surface area contributed by atoms with Crippen molar-refractivity contribution in [3.63, 3.8) is 0 Å². The fraction of sp³-hybridized carbons (Fsp3) is 0.368. The summed E-state index contributed by atoms with van der Waals surface area (Å²) < 4.78 is 5.90. The van der Waals surface area contributed by atoms with Crippen LogP contribution in [-0.2, 0) is 16.1 Å². The number of H-pyrrole nitrogens is 1. The molecule has 1 heterocycles. The third-order valence-corrected chi connectivity index (χ3v) is 4.66. The molecule has 0 aliphatic heterocycles. The lowest BCUT2D eigenvalue weighted by molar-refractivity contribution is -0.140. The number of carbonyl (C=O) groups excluding carboxylic acids is 1. The van der Waals surface area contributed by atoms with E-state index in [1.54, 1.807) is 0 Å². The molecule has 0 saturated carbocycles. The molecule has 0 atom stereocenters. The molecule has 1 aromatic carbocycles. The minimum absolute atomic E-state index is 0.0307. The second-order valence-corrected chi connectivity index (χ2v) is 6.61. The van der Waals surface area contributed by atoms with Crippen molar-refractivity contribution in [3.05, 3.63) is 56.7 Å². The zero-order chi connectivity index (χ0) is 21.4. The Balaban J connectivity index is 2.25. The highest BCUT2D eigenvalue weighted by Crippen LogP contribution is 2.17. The predicted molar refractivity (Wildman–Crippen MR) is 116 cm³/mol. The number of nitrogen functional groups attached to an aromatic ring is 1. The number of aromatic nitrogens is 2. The first-order chi connectivity index (χ1) is 13.9. The Kier molecular flexibility index (Phi) is 7.96. The summed E-state index contributed by atoms with van der Waals surface area (Å²) in [4.78, 5) is 39.8. The number of hydrogen-bond acceptors (Lipinski definition) is 6. The van der Waals surface area contributed by atoms with Gasteiger partial charge in [-0.25, -0.2) is 4.79 Å². The van der Waals surface area contributed by atoms with Crippen molar-refractivity contribution in [2.24, 2.45) is 0 Å². The van der Waals surface area contributed by atoms with Crippen LogP contribution in [0, 0.1) is 0 Å². The topological polar surface area (TPSA) is 122 Å².